The van der Waals surface area contributed by atoms with E-state index < -0.39 is 0 Å². The van der Waals surface area contributed by atoms with Crippen LogP contribution >= 0.6 is 0 Å². The van der Waals surface area contributed by atoms with Gasteiger partial charge in [-0.3, -0.25) is 14.8 Å². The zero-order valence-electron chi connectivity index (χ0n) is 15.5. The number of nitrogens with zero attached hydrogens (tertiary/aromatic N) is 2. The van der Waals surface area contributed by atoms with Crippen molar-refractivity contribution in [2.45, 2.75) is 38.6 Å². The lowest BCUT2D eigenvalue weighted by Crippen LogP contribution is -2.40. The van der Waals surface area contributed by atoms with Gasteiger partial charge in [-0.1, -0.05) is 6.92 Å². The predicted octanol–water partition coefficient (Wildman–Crippen LogP) is 2.40. The van der Waals surface area contributed by atoms with Gasteiger partial charge >= 0.3 is 0 Å². The maximum absolute atomic E-state index is 12.7. The van der Waals surface area contributed by atoms with Crippen LogP contribution in [0.3, 0.4) is 0 Å². The number of likely N-dealkylation sites (tertiary alicyclic amines) is 1. The Morgan fingerprint density at radius 1 is 1.42 bits per heavy atom. The number of aryl methyl sites for hydroxylation is 1. The highest BCUT2D eigenvalue weighted by molar-refractivity contribution is 5.96. The van der Waals surface area contributed by atoms with Gasteiger partial charge in [0.25, 0.3) is 5.91 Å². The molecule has 0 spiro atoms. The normalized spacial score (nSPS) is 19.1. The van der Waals surface area contributed by atoms with Gasteiger partial charge in [-0.05, 0) is 62.5 Å². The van der Waals surface area contributed by atoms with Crippen molar-refractivity contribution in [3.05, 3.63) is 35.0 Å². The predicted molar refractivity (Wildman–Crippen MR) is 101 cm³/mol. The van der Waals surface area contributed by atoms with E-state index in [1.807, 2.05) is 12.1 Å². The first kappa shape index (κ1) is 17.1. The second-order valence-electron chi connectivity index (χ2n) is 7.08. The van der Waals surface area contributed by atoms with E-state index in [0.29, 0.717) is 18.3 Å². The number of carbonyl (C=O) groups is 1. The molecule has 26 heavy (non-hydrogen) atoms. The van der Waals surface area contributed by atoms with E-state index >= 15 is 0 Å². The van der Waals surface area contributed by atoms with E-state index in [2.05, 4.69) is 33.4 Å². The molecule has 1 atom stereocenters. The molecule has 1 amide bonds. The van der Waals surface area contributed by atoms with Crippen molar-refractivity contribution >= 4 is 5.91 Å². The fourth-order valence-electron chi connectivity index (χ4n) is 4.26. The van der Waals surface area contributed by atoms with Crippen molar-refractivity contribution in [1.82, 2.24) is 20.4 Å². The highest BCUT2D eigenvalue weighted by atomic mass is 16.5. The topological polar surface area (TPSA) is 70.2 Å². The number of hydrogen-bond acceptors (Lipinski definition) is 4. The van der Waals surface area contributed by atoms with Crippen molar-refractivity contribution in [3.63, 3.8) is 0 Å². The number of aromatic amines is 1. The summed E-state index contributed by atoms with van der Waals surface area (Å²) in [4.78, 5) is 15.2. The molecule has 1 fully saturated rings. The molecule has 1 saturated heterocycles. The molecule has 0 saturated carbocycles. The highest BCUT2D eigenvalue weighted by Crippen LogP contribution is 2.35. The van der Waals surface area contributed by atoms with Crippen molar-refractivity contribution in [1.29, 1.82) is 0 Å². The van der Waals surface area contributed by atoms with Crippen LogP contribution < -0.4 is 10.1 Å². The Kier molecular flexibility index (Phi) is 4.68. The Labute approximate surface area is 153 Å². The van der Waals surface area contributed by atoms with Gasteiger partial charge in [-0.25, -0.2) is 0 Å². The van der Waals surface area contributed by atoms with Gasteiger partial charge in [0.1, 0.15) is 11.4 Å². The summed E-state index contributed by atoms with van der Waals surface area (Å²) in [6.07, 6.45) is 4.09. The molecule has 2 N–H and O–H groups in total. The van der Waals surface area contributed by atoms with Crippen LogP contribution in [0.4, 0.5) is 0 Å². The molecule has 4 rings (SSSR count). The Bertz CT molecular complexity index is 814. The lowest BCUT2D eigenvalue weighted by atomic mass is 9.89. The van der Waals surface area contributed by atoms with Crippen LogP contribution in [0.1, 0.15) is 41.4 Å². The number of likely N-dealkylation sites (N-methyl/N-ethyl adjacent to an activating group) is 1. The summed E-state index contributed by atoms with van der Waals surface area (Å²) >= 11 is 0. The Morgan fingerprint density at radius 2 is 2.31 bits per heavy atom. The third-order valence-corrected chi connectivity index (χ3v) is 5.71. The van der Waals surface area contributed by atoms with Gasteiger partial charge in [0.2, 0.25) is 0 Å². The summed E-state index contributed by atoms with van der Waals surface area (Å²) in [6.45, 7) is 5.06. The van der Waals surface area contributed by atoms with E-state index in [4.69, 9.17) is 4.74 Å². The standard InChI is InChI=1S/C20H26N4O2/c1-3-24-10-4-5-14(24)12-21-20(25)19-17-8-6-13-11-15(26-2)7-9-16(13)18(17)22-23-19/h7,9,11,14H,3-6,8,10,12H2,1-2H3,(H,21,25)(H,22,23)/t14-/m1/s1. The molecule has 2 aromatic rings. The Hall–Kier alpha value is -2.34. The smallest absolute Gasteiger partial charge is 0.269 e. The largest absolute Gasteiger partial charge is 0.497 e. The number of carbonyl (C=O) groups excluding carboxylic acids is 1. The van der Waals surface area contributed by atoms with E-state index in [1.54, 1.807) is 7.11 Å². The fraction of sp³-hybridized carbons (Fsp3) is 0.500. The number of rotatable bonds is 5. The fourth-order valence-corrected chi connectivity index (χ4v) is 4.26. The maximum Gasteiger partial charge on any atom is 0.269 e. The molecule has 138 valence electrons. The first-order valence-corrected chi connectivity index (χ1v) is 9.48. The first-order chi connectivity index (χ1) is 12.7. The minimum absolute atomic E-state index is 0.0429. The maximum atomic E-state index is 12.7. The number of methoxy groups -OCH3 is 1. The summed E-state index contributed by atoms with van der Waals surface area (Å²) in [5.74, 6) is 0.816. The van der Waals surface area contributed by atoms with Crippen LogP contribution in [0.2, 0.25) is 0 Å². The van der Waals surface area contributed by atoms with Crippen molar-refractivity contribution in [3.8, 4) is 17.0 Å². The number of fused-ring (bicyclic) bond motifs is 3. The second kappa shape index (κ2) is 7.11. The van der Waals surface area contributed by atoms with Crippen LogP contribution in [-0.2, 0) is 12.8 Å². The average molecular weight is 354 g/mol. The minimum Gasteiger partial charge on any atom is -0.497 e. The molecule has 1 aliphatic heterocycles. The third-order valence-electron chi connectivity index (χ3n) is 5.71. The molecule has 0 radical (unpaired) electrons. The quantitative estimate of drug-likeness (QED) is 0.865. The van der Waals surface area contributed by atoms with E-state index in [1.165, 1.54) is 12.0 Å². The Balaban J connectivity index is 1.51. The van der Waals surface area contributed by atoms with Gasteiger partial charge in [0, 0.05) is 23.7 Å². The molecule has 1 aromatic carbocycles. The molecule has 6 nitrogen and oxygen atoms in total. The van der Waals surface area contributed by atoms with Crippen LogP contribution in [-0.4, -0.2) is 53.8 Å². The Morgan fingerprint density at radius 3 is 3.12 bits per heavy atom. The second-order valence-corrected chi connectivity index (χ2v) is 7.08. The summed E-state index contributed by atoms with van der Waals surface area (Å²) < 4.78 is 5.31. The number of amides is 1. The van der Waals surface area contributed by atoms with Crippen molar-refractivity contribution in [2.75, 3.05) is 26.7 Å². The number of aromatic nitrogens is 2. The molecule has 6 heteroatoms. The van der Waals surface area contributed by atoms with E-state index in [-0.39, 0.29) is 5.91 Å². The average Bonchev–Trinajstić information content (AvgIpc) is 3.31. The molecule has 1 aliphatic carbocycles. The molecule has 2 aliphatic rings. The summed E-state index contributed by atoms with van der Waals surface area (Å²) in [5, 5.41) is 10.5. The van der Waals surface area contributed by atoms with Gasteiger partial charge < -0.3 is 10.1 Å². The van der Waals surface area contributed by atoms with Crippen molar-refractivity contribution < 1.29 is 9.53 Å². The zero-order valence-corrected chi connectivity index (χ0v) is 15.5. The molecule has 0 unspecified atom stereocenters. The third kappa shape index (κ3) is 2.98. The van der Waals surface area contributed by atoms with Crippen LogP contribution in [0.5, 0.6) is 5.75 Å². The molecular weight excluding hydrogens is 328 g/mol. The van der Waals surface area contributed by atoms with Crippen molar-refractivity contribution in [2.24, 2.45) is 0 Å². The number of hydrogen-bond donors (Lipinski definition) is 2. The minimum atomic E-state index is -0.0429. The SMILES string of the molecule is CCN1CCC[C@@H]1CNC(=O)c1[nH]nc2c1CCc1cc(OC)ccc1-2. The molecular formula is C20H26N4O2. The first-order valence-electron chi connectivity index (χ1n) is 9.48. The number of ether oxygens (including phenoxy) is 1. The van der Waals surface area contributed by atoms with Gasteiger partial charge in [-0.2, -0.15) is 5.10 Å². The van der Waals surface area contributed by atoms with E-state index in [0.717, 1.165) is 54.9 Å². The van der Waals surface area contributed by atoms with Gasteiger partial charge in [-0.15, -0.1) is 0 Å². The lowest BCUT2D eigenvalue weighted by molar-refractivity contribution is 0.0935. The lowest BCUT2D eigenvalue weighted by Gasteiger charge is -2.23. The monoisotopic (exact) mass is 354 g/mol. The number of H-pyrrole nitrogens is 1. The molecule has 2 heterocycles. The molecule has 1 aromatic heterocycles. The summed E-state index contributed by atoms with van der Waals surface area (Å²) in [5.41, 5.74) is 4.85. The van der Waals surface area contributed by atoms with Crippen LogP contribution in [0.15, 0.2) is 18.2 Å². The zero-order chi connectivity index (χ0) is 18.1. The number of nitrogens with one attached hydrogen (secondary N) is 2. The molecule has 0 bridgehead atoms. The van der Waals surface area contributed by atoms with E-state index in [9.17, 15) is 4.79 Å². The summed E-state index contributed by atoms with van der Waals surface area (Å²) in [6, 6.07) is 6.50. The number of benzene rings is 1. The highest BCUT2D eigenvalue weighted by Gasteiger charge is 2.27. The summed E-state index contributed by atoms with van der Waals surface area (Å²) in [7, 11) is 1.68. The van der Waals surface area contributed by atoms with Gasteiger partial charge in [0.05, 0.1) is 12.8 Å². The van der Waals surface area contributed by atoms with Crippen LogP contribution in [0.25, 0.3) is 11.3 Å². The van der Waals surface area contributed by atoms with Gasteiger partial charge in [0.15, 0.2) is 0 Å². The van der Waals surface area contributed by atoms with Crippen LogP contribution in [0, 0.1) is 0 Å².